The van der Waals surface area contributed by atoms with Crippen molar-refractivity contribution in [2.75, 3.05) is 17.3 Å². The van der Waals surface area contributed by atoms with Crippen LogP contribution in [0.25, 0.3) is 0 Å². The number of hydrogen-bond acceptors (Lipinski definition) is 2. The Hall–Kier alpha value is -1.67. The van der Waals surface area contributed by atoms with Crippen molar-refractivity contribution in [3.63, 3.8) is 0 Å². The monoisotopic (exact) mass is 258 g/mol. The summed E-state index contributed by atoms with van der Waals surface area (Å²) in [4.78, 5) is 2.31. The zero-order valence-corrected chi connectivity index (χ0v) is 11.0. The molecule has 2 aromatic rings. The first-order valence-electron chi connectivity index (χ1n) is 6.07. The second-order valence-electron chi connectivity index (χ2n) is 4.50. The second kappa shape index (κ2) is 4.54. The standard InChI is InChI=1S/C15H15ClN2/c1-17-14-7-4-5-11-9-18(10-12(11)14)15-8-3-2-6-13(15)16/h2-8,17H,9-10H2,1H3. The molecule has 0 amide bonds. The van der Waals surface area contributed by atoms with Gasteiger partial charge in [0.15, 0.2) is 0 Å². The Morgan fingerprint density at radius 2 is 1.89 bits per heavy atom. The molecule has 0 saturated heterocycles. The molecule has 2 nitrogen and oxygen atoms in total. The number of rotatable bonds is 2. The molecule has 0 bridgehead atoms. The number of nitrogens with one attached hydrogen (secondary N) is 1. The topological polar surface area (TPSA) is 15.3 Å². The SMILES string of the molecule is CNc1cccc2c1CN(c1ccccc1Cl)C2. The summed E-state index contributed by atoms with van der Waals surface area (Å²) < 4.78 is 0. The fourth-order valence-electron chi connectivity index (χ4n) is 2.53. The van der Waals surface area contributed by atoms with E-state index in [1.54, 1.807) is 0 Å². The van der Waals surface area contributed by atoms with Gasteiger partial charge in [0.2, 0.25) is 0 Å². The van der Waals surface area contributed by atoms with Crippen LogP contribution in [0, 0.1) is 0 Å². The molecule has 18 heavy (non-hydrogen) atoms. The summed E-state index contributed by atoms with van der Waals surface area (Å²) in [6, 6.07) is 14.4. The van der Waals surface area contributed by atoms with E-state index < -0.39 is 0 Å². The van der Waals surface area contributed by atoms with Crippen LogP contribution in [0.15, 0.2) is 42.5 Å². The minimum atomic E-state index is 0.816. The maximum absolute atomic E-state index is 6.26. The molecule has 0 atom stereocenters. The van der Waals surface area contributed by atoms with Crippen molar-refractivity contribution >= 4 is 23.0 Å². The van der Waals surface area contributed by atoms with Crippen molar-refractivity contribution in [1.29, 1.82) is 0 Å². The summed E-state index contributed by atoms with van der Waals surface area (Å²) in [5, 5.41) is 4.07. The predicted molar refractivity (Wildman–Crippen MR) is 77.3 cm³/mol. The molecule has 0 fully saturated rings. The first-order valence-corrected chi connectivity index (χ1v) is 6.45. The molecule has 1 aliphatic rings. The van der Waals surface area contributed by atoms with Gasteiger partial charge in [-0.05, 0) is 29.3 Å². The number of anilines is 2. The van der Waals surface area contributed by atoms with E-state index in [-0.39, 0.29) is 0 Å². The molecule has 3 heteroatoms. The number of fused-ring (bicyclic) bond motifs is 1. The highest BCUT2D eigenvalue weighted by Crippen LogP contribution is 2.35. The van der Waals surface area contributed by atoms with E-state index >= 15 is 0 Å². The van der Waals surface area contributed by atoms with Gasteiger partial charge in [-0.15, -0.1) is 0 Å². The number of halogens is 1. The summed E-state index contributed by atoms with van der Waals surface area (Å²) in [6.07, 6.45) is 0. The number of para-hydroxylation sites is 1. The zero-order chi connectivity index (χ0) is 12.5. The molecule has 0 aromatic heterocycles. The molecule has 0 spiro atoms. The highest BCUT2D eigenvalue weighted by atomic mass is 35.5. The van der Waals surface area contributed by atoms with Crippen molar-refractivity contribution in [3.05, 3.63) is 58.6 Å². The molecule has 92 valence electrons. The van der Waals surface area contributed by atoms with Gasteiger partial charge in [0, 0.05) is 25.8 Å². The maximum atomic E-state index is 6.26. The summed E-state index contributed by atoms with van der Waals surface area (Å²) in [6.45, 7) is 1.84. The van der Waals surface area contributed by atoms with Crippen LogP contribution in [0.3, 0.4) is 0 Å². The molecule has 3 rings (SSSR count). The molecule has 0 radical (unpaired) electrons. The van der Waals surface area contributed by atoms with Crippen molar-refractivity contribution in [3.8, 4) is 0 Å². The lowest BCUT2D eigenvalue weighted by Crippen LogP contribution is -2.14. The third-order valence-corrected chi connectivity index (χ3v) is 3.77. The van der Waals surface area contributed by atoms with E-state index in [1.165, 1.54) is 16.8 Å². The summed E-state index contributed by atoms with van der Waals surface area (Å²) in [5.74, 6) is 0. The minimum absolute atomic E-state index is 0.816. The van der Waals surface area contributed by atoms with Gasteiger partial charge in [0.1, 0.15) is 0 Å². The van der Waals surface area contributed by atoms with Crippen molar-refractivity contribution in [2.24, 2.45) is 0 Å². The molecule has 0 unspecified atom stereocenters. The number of hydrogen-bond donors (Lipinski definition) is 1. The fourth-order valence-corrected chi connectivity index (χ4v) is 2.79. The van der Waals surface area contributed by atoms with Crippen LogP contribution in [-0.4, -0.2) is 7.05 Å². The van der Waals surface area contributed by atoms with Crippen LogP contribution in [0.2, 0.25) is 5.02 Å². The largest absolute Gasteiger partial charge is 0.388 e. The Balaban J connectivity index is 1.96. The third-order valence-electron chi connectivity index (χ3n) is 3.45. The Labute approximate surface area is 112 Å². The maximum Gasteiger partial charge on any atom is 0.0639 e. The van der Waals surface area contributed by atoms with Crippen LogP contribution in [0.1, 0.15) is 11.1 Å². The van der Waals surface area contributed by atoms with Crippen molar-refractivity contribution < 1.29 is 0 Å². The first kappa shape index (κ1) is 11.4. The van der Waals surface area contributed by atoms with Gasteiger partial charge < -0.3 is 10.2 Å². The van der Waals surface area contributed by atoms with Gasteiger partial charge in [0.25, 0.3) is 0 Å². The van der Waals surface area contributed by atoms with E-state index in [4.69, 9.17) is 11.6 Å². The van der Waals surface area contributed by atoms with Crippen LogP contribution in [0.4, 0.5) is 11.4 Å². The highest BCUT2D eigenvalue weighted by molar-refractivity contribution is 6.33. The summed E-state index contributed by atoms with van der Waals surface area (Å²) >= 11 is 6.26. The van der Waals surface area contributed by atoms with Crippen LogP contribution in [0.5, 0.6) is 0 Å². The van der Waals surface area contributed by atoms with Crippen LogP contribution < -0.4 is 10.2 Å². The number of benzene rings is 2. The van der Waals surface area contributed by atoms with Gasteiger partial charge in [-0.1, -0.05) is 35.9 Å². The van der Waals surface area contributed by atoms with Gasteiger partial charge >= 0.3 is 0 Å². The molecular formula is C15H15ClN2. The molecule has 2 aromatic carbocycles. The Morgan fingerprint density at radius 3 is 2.67 bits per heavy atom. The quantitative estimate of drug-likeness (QED) is 0.879. The first-order chi connectivity index (χ1) is 8.79. The zero-order valence-electron chi connectivity index (χ0n) is 10.3. The molecule has 1 N–H and O–H groups in total. The molecule has 1 heterocycles. The Bertz CT molecular complexity index is 580. The Kier molecular flexibility index (Phi) is 2.88. The van der Waals surface area contributed by atoms with Crippen LogP contribution >= 0.6 is 11.6 Å². The number of nitrogens with zero attached hydrogens (tertiary/aromatic N) is 1. The minimum Gasteiger partial charge on any atom is -0.388 e. The summed E-state index contributed by atoms with van der Waals surface area (Å²) in [7, 11) is 1.97. The van der Waals surface area contributed by atoms with E-state index in [2.05, 4.69) is 34.5 Å². The van der Waals surface area contributed by atoms with Gasteiger partial charge in [-0.3, -0.25) is 0 Å². The summed E-state index contributed by atoms with van der Waals surface area (Å²) in [5.41, 5.74) is 5.07. The van der Waals surface area contributed by atoms with Gasteiger partial charge in [-0.2, -0.15) is 0 Å². The average Bonchev–Trinajstić information content (AvgIpc) is 2.82. The lowest BCUT2D eigenvalue weighted by Gasteiger charge is -2.19. The fraction of sp³-hybridized carbons (Fsp3) is 0.200. The van der Waals surface area contributed by atoms with Crippen LogP contribution in [-0.2, 0) is 13.1 Å². The van der Waals surface area contributed by atoms with E-state index in [0.29, 0.717) is 0 Å². The van der Waals surface area contributed by atoms with E-state index in [9.17, 15) is 0 Å². The third kappa shape index (κ3) is 1.83. The van der Waals surface area contributed by atoms with E-state index in [0.717, 1.165) is 23.8 Å². The molecule has 1 aliphatic heterocycles. The lowest BCUT2D eigenvalue weighted by atomic mass is 10.1. The Morgan fingerprint density at radius 1 is 1.06 bits per heavy atom. The second-order valence-corrected chi connectivity index (χ2v) is 4.91. The molecular weight excluding hydrogens is 244 g/mol. The molecule has 0 saturated carbocycles. The van der Waals surface area contributed by atoms with E-state index in [1.807, 2.05) is 25.2 Å². The van der Waals surface area contributed by atoms with Crippen molar-refractivity contribution in [2.45, 2.75) is 13.1 Å². The normalized spacial score (nSPS) is 13.6. The predicted octanol–water partition coefficient (Wildman–Crippen LogP) is 3.90. The lowest BCUT2D eigenvalue weighted by molar-refractivity contribution is 0.881. The van der Waals surface area contributed by atoms with Gasteiger partial charge in [-0.25, -0.2) is 0 Å². The smallest absolute Gasteiger partial charge is 0.0639 e. The highest BCUT2D eigenvalue weighted by Gasteiger charge is 2.22. The average molecular weight is 259 g/mol. The van der Waals surface area contributed by atoms with Crippen molar-refractivity contribution in [1.82, 2.24) is 0 Å². The molecule has 0 aliphatic carbocycles. The van der Waals surface area contributed by atoms with Gasteiger partial charge in [0.05, 0.1) is 10.7 Å².